The molecule has 0 aliphatic heterocycles. The van der Waals surface area contributed by atoms with Gasteiger partial charge in [-0.15, -0.1) is 0 Å². The van der Waals surface area contributed by atoms with Gasteiger partial charge in [0.2, 0.25) is 0 Å². The number of aromatic nitrogens is 1. The Labute approximate surface area is 230 Å². The Morgan fingerprint density at radius 1 is 0.525 bits per heavy atom. The van der Waals surface area contributed by atoms with E-state index in [9.17, 15) is 5.26 Å². The Hall–Kier alpha value is -5.59. The number of fused-ring (bicyclic) bond motifs is 6. The van der Waals surface area contributed by atoms with Gasteiger partial charge in [-0.3, -0.25) is 0 Å². The lowest BCUT2D eigenvalue weighted by molar-refractivity contribution is 0.670. The van der Waals surface area contributed by atoms with E-state index in [2.05, 4.69) is 114 Å². The third-order valence-electron chi connectivity index (χ3n) is 7.80. The first-order valence-corrected chi connectivity index (χ1v) is 13.3. The van der Waals surface area contributed by atoms with Crippen molar-refractivity contribution in [3.05, 3.63) is 139 Å². The largest absolute Gasteiger partial charge is 0.455 e. The van der Waals surface area contributed by atoms with Crippen LogP contribution in [-0.4, -0.2) is 4.57 Å². The van der Waals surface area contributed by atoms with Gasteiger partial charge in [0.25, 0.3) is 0 Å². The number of rotatable bonds is 3. The molecule has 0 bridgehead atoms. The molecule has 8 aromatic rings. The quantitative estimate of drug-likeness (QED) is 0.237. The van der Waals surface area contributed by atoms with Crippen molar-refractivity contribution in [3.8, 4) is 34.0 Å². The summed E-state index contributed by atoms with van der Waals surface area (Å²) >= 11 is 0. The van der Waals surface area contributed by atoms with Crippen LogP contribution in [0.15, 0.2) is 138 Å². The molecule has 0 radical (unpaired) electrons. The lowest BCUT2D eigenvalue weighted by Gasteiger charge is -2.12. The zero-order valence-corrected chi connectivity index (χ0v) is 21.5. The molecule has 0 amide bonds. The van der Waals surface area contributed by atoms with Gasteiger partial charge in [-0.25, -0.2) is 0 Å². The van der Waals surface area contributed by atoms with Gasteiger partial charge in [-0.05, 0) is 59.2 Å². The minimum absolute atomic E-state index is 0.624. The lowest BCUT2D eigenvalue weighted by Crippen LogP contribution is -1.96. The summed E-state index contributed by atoms with van der Waals surface area (Å²) in [5.74, 6) is 0. The number of para-hydroxylation sites is 4. The molecule has 0 atom stereocenters. The fraction of sp³-hybridized carbons (Fsp3) is 0. The molecule has 0 aliphatic carbocycles. The van der Waals surface area contributed by atoms with Crippen LogP contribution < -0.4 is 0 Å². The van der Waals surface area contributed by atoms with E-state index in [0.717, 1.165) is 60.9 Å². The van der Waals surface area contributed by atoms with Gasteiger partial charge in [-0.2, -0.15) is 5.26 Å². The zero-order chi connectivity index (χ0) is 26.6. The standard InChI is InChI=1S/C37H22N2O/c38-23-24-19-27(22-28(20-24)39-34-16-4-1-11-30(34)31-12-2-5-17-35(31)39)25-9-7-10-26(21-25)29-14-8-15-33-32-13-3-6-18-36(32)40-37(29)33/h1-22H. The molecule has 0 saturated heterocycles. The van der Waals surface area contributed by atoms with Crippen molar-refractivity contribution >= 4 is 43.7 Å². The van der Waals surface area contributed by atoms with Crippen molar-refractivity contribution in [2.24, 2.45) is 0 Å². The van der Waals surface area contributed by atoms with Crippen molar-refractivity contribution in [3.63, 3.8) is 0 Å². The molecule has 0 aliphatic rings. The Morgan fingerprint density at radius 3 is 1.95 bits per heavy atom. The molecule has 8 rings (SSSR count). The van der Waals surface area contributed by atoms with Gasteiger partial charge < -0.3 is 8.98 Å². The highest BCUT2D eigenvalue weighted by Crippen LogP contribution is 2.38. The maximum atomic E-state index is 10.0. The van der Waals surface area contributed by atoms with Crippen LogP contribution in [0.3, 0.4) is 0 Å². The molecular formula is C37H22N2O. The highest BCUT2D eigenvalue weighted by atomic mass is 16.3. The summed E-state index contributed by atoms with van der Waals surface area (Å²) in [6, 6.07) is 48.4. The summed E-state index contributed by atoms with van der Waals surface area (Å²) in [6.45, 7) is 0. The van der Waals surface area contributed by atoms with E-state index in [1.54, 1.807) is 0 Å². The molecule has 0 unspecified atom stereocenters. The van der Waals surface area contributed by atoms with Crippen molar-refractivity contribution in [2.75, 3.05) is 0 Å². The molecular weight excluding hydrogens is 488 g/mol. The highest BCUT2D eigenvalue weighted by Gasteiger charge is 2.15. The second-order valence-electron chi connectivity index (χ2n) is 10.1. The van der Waals surface area contributed by atoms with E-state index in [0.29, 0.717) is 5.56 Å². The van der Waals surface area contributed by atoms with Crippen molar-refractivity contribution < 1.29 is 4.42 Å². The molecule has 0 saturated carbocycles. The number of furan rings is 1. The molecule has 0 fully saturated rings. The third-order valence-corrected chi connectivity index (χ3v) is 7.80. The van der Waals surface area contributed by atoms with Gasteiger partial charge >= 0.3 is 0 Å². The molecule has 2 aromatic heterocycles. The van der Waals surface area contributed by atoms with E-state index >= 15 is 0 Å². The maximum absolute atomic E-state index is 10.0. The van der Waals surface area contributed by atoms with E-state index in [1.807, 2.05) is 30.3 Å². The van der Waals surface area contributed by atoms with Gasteiger partial charge in [0, 0.05) is 32.8 Å². The summed E-state index contributed by atoms with van der Waals surface area (Å²) in [6.07, 6.45) is 0. The zero-order valence-electron chi connectivity index (χ0n) is 21.5. The third kappa shape index (κ3) is 3.37. The monoisotopic (exact) mass is 510 g/mol. The van der Waals surface area contributed by atoms with Crippen LogP contribution in [0.25, 0.3) is 71.7 Å². The summed E-state index contributed by atoms with van der Waals surface area (Å²) in [4.78, 5) is 0. The van der Waals surface area contributed by atoms with Gasteiger partial charge in [-0.1, -0.05) is 91.0 Å². The van der Waals surface area contributed by atoms with Crippen LogP contribution in [0.5, 0.6) is 0 Å². The topological polar surface area (TPSA) is 41.9 Å². The van der Waals surface area contributed by atoms with Gasteiger partial charge in [0.1, 0.15) is 11.2 Å². The molecule has 3 heteroatoms. The minimum atomic E-state index is 0.624. The van der Waals surface area contributed by atoms with Crippen molar-refractivity contribution in [2.45, 2.75) is 0 Å². The van der Waals surface area contributed by atoms with Crippen LogP contribution in [0, 0.1) is 11.3 Å². The summed E-state index contributed by atoms with van der Waals surface area (Å²) < 4.78 is 8.58. The molecule has 40 heavy (non-hydrogen) atoms. The number of hydrogen-bond acceptors (Lipinski definition) is 2. The first kappa shape index (κ1) is 22.4. The average molecular weight is 511 g/mol. The van der Waals surface area contributed by atoms with Gasteiger partial charge in [0.05, 0.1) is 22.7 Å². The van der Waals surface area contributed by atoms with Crippen LogP contribution in [-0.2, 0) is 0 Å². The molecule has 2 heterocycles. The SMILES string of the molecule is N#Cc1cc(-c2cccc(-c3cccc4c3oc3ccccc34)c2)cc(-n2c3ccccc3c3ccccc32)c1. The van der Waals surface area contributed by atoms with Crippen LogP contribution in [0.2, 0.25) is 0 Å². The lowest BCUT2D eigenvalue weighted by atomic mass is 9.96. The maximum Gasteiger partial charge on any atom is 0.143 e. The molecule has 0 N–H and O–H groups in total. The number of benzene rings is 6. The Morgan fingerprint density at radius 2 is 1.18 bits per heavy atom. The van der Waals surface area contributed by atoms with E-state index < -0.39 is 0 Å². The smallest absolute Gasteiger partial charge is 0.143 e. The Bertz CT molecular complexity index is 2240. The predicted octanol–water partition coefficient (Wildman–Crippen LogP) is 9.89. The van der Waals surface area contributed by atoms with Crippen molar-refractivity contribution in [1.29, 1.82) is 5.26 Å². The summed E-state index contributed by atoms with van der Waals surface area (Å²) in [5, 5.41) is 14.6. The predicted molar refractivity (Wildman–Crippen MR) is 164 cm³/mol. The first-order chi connectivity index (χ1) is 19.8. The molecule has 6 aromatic carbocycles. The number of nitriles is 1. The Balaban J connectivity index is 1.32. The molecule has 186 valence electrons. The second-order valence-corrected chi connectivity index (χ2v) is 10.1. The van der Waals surface area contributed by atoms with Crippen LogP contribution in [0.1, 0.15) is 5.56 Å². The number of nitrogens with zero attached hydrogens (tertiary/aromatic N) is 2. The minimum Gasteiger partial charge on any atom is -0.455 e. The summed E-state index contributed by atoms with van der Waals surface area (Å²) in [7, 11) is 0. The summed E-state index contributed by atoms with van der Waals surface area (Å²) in [5.41, 5.74) is 9.77. The van der Waals surface area contributed by atoms with E-state index in [4.69, 9.17) is 4.42 Å². The normalized spacial score (nSPS) is 11.5. The van der Waals surface area contributed by atoms with Crippen LogP contribution >= 0.6 is 0 Å². The van der Waals surface area contributed by atoms with E-state index in [1.165, 1.54) is 10.8 Å². The fourth-order valence-electron chi connectivity index (χ4n) is 6.01. The van der Waals surface area contributed by atoms with E-state index in [-0.39, 0.29) is 0 Å². The molecule has 0 spiro atoms. The average Bonchev–Trinajstić information content (AvgIpc) is 3.57. The number of hydrogen-bond donors (Lipinski definition) is 0. The highest BCUT2D eigenvalue weighted by molar-refractivity contribution is 6.10. The van der Waals surface area contributed by atoms with Crippen LogP contribution in [0.4, 0.5) is 0 Å². The molecule has 3 nitrogen and oxygen atoms in total. The first-order valence-electron chi connectivity index (χ1n) is 13.3. The van der Waals surface area contributed by atoms with Crippen molar-refractivity contribution in [1.82, 2.24) is 4.57 Å². The fourth-order valence-corrected chi connectivity index (χ4v) is 6.01. The van der Waals surface area contributed by atoms with Gasteiger partial charge in [0.15, 0.2) is 0 Å². The second kappa shape index (κ2) is 8.73. The Kier molecular flexibility index (Phi) is 4.89.